The predicted molar refractivity (Wildman–Crippen MR) is 127 cm³/mol. The highest BCUT2D eigenvalue weighted by Gasteiger charge is 2.66. The lowest BCUT2D eigenvalue weighted by Gasteiger charge is -2.35. The summed E-state index contributed by atoms with van der Waals surface area (Å²) in [5.41, 5.74) is -0.921. The highest BCUT2D eigenvalue weighted by atomic mass is 19.1. The second-order valence-corrected chi connectivity index (χ2v) is 8.71. The number of amides is 2. The van der Waals surface area contributed by atoms with Crippen LogP contribution in [-0.4, -0.2) is 66.2 Å². The molecule has 2 aromatic carbocycles. The Morgan fingerprint density at radius 1 is 1.18 bits per heavy atom. The Kier molecular flexibility index (Phi) is 5.87. The molecule has 2 aliphatic heterocycles. The highest BCUT2D eigenvalue weighted by Crippen LogP contribution is 2.53. The van der Waals surface area contributed by atoms with E-state index in [2.05, 4.69) is 6.58 Å². The van der Waals surface area contributed by atoms with E-state index < -0.39 is 34.7 Å². The summed E-state index contributed by atoms with van der Waals surface area (Å²) < 4.78 is 14.3. The van der Waals surface area contributed by atoms with E-state index in [1.54, 1.807) is 37.3 Å². The summed E-state index contributed by atoms with van der Waals surface area (Å²) in [4.78, 5) is 45.3. The average Bonchev–Trinajstić information content (AvgIpc) is 3.18. The summed E-state index contributed by atoms with van der Waals surface area (Å²) in [6.07, 6.45) is 1.55. The van der Waals surface area contributed by atoms with Crippen molar-refractivity contribution in [1.29, 1.82) is 0 Å². The van der Waals surface area contributed by atoms with Crippen molar-refractivity contribution in [2.24, 2.45) is 0 Å². The lowest BCUT2D eigenvalue weighted by molar-refractivity contribution is -0.143. The molecular weight excluding hydrogens is 437 g/mol. The van der Waals surface area contributed by atoms with E-state index >= 15 is 0 Å². The summed E-state index contributed by atoms with van der Waals surface area (Å²) >= 11 is 0. The molecule has 1 saturated heterocycles. The van der Waals surface area contributed by atoms with Crippen molar-refractivity contribution in [1.82, 2.24) is 9.80 Å². The van der Waals surface area contributed by atoms with Crippen LogP contribution < -0.4 is 4.90 Å². The molecule has 1 unspecified atom stereocenters. The zero-order chi connectivity index (χ0) is 24.8. The second-order valence-electron chi connectivity index (χ2n) is 8.71. The van der Waals surface area contributed by atoms with Crippen molar-refractivity contribution in [3.8, 4) is 0 Å². The van der Waals surface area contributed by atoms with Crippen molar-refractivity contribution in [2.45, 2.75) is 12.5 Å². The van der Waals surface area contributed by atoms with Crippen LogP contribution in [0.15, 0.2) is 60.7 Å². The van der Waals surface area contributed by atoms with E-state index in [1.165, 1.54) is 21.9 Å². The fourth-order valence-electron chi connectivity index (χ4n) is 4.66. The number of likely N-dealkylation sites (tertiary alicyclic amines) is 1. The number of ketones is 1. The van der Waals surface area contributed by atoms with Gasteiger partial charge in [-0.05, 0) is 38.7 Å². The summed E-state index contributed by atoms with van der Waals surface area (Å²) in [6, 6.07) is 10.9. The summed E-state index contributed by atoms with van der Waals surface area (Å²) in [5, 5.41) is 11.3. The van der Waals surface area contributed by atoms with E-state index in [9.17, 15) is 23.9 Å². The molecule has 7 nitrogen and oxygen atoms in total. The first-order chi connectivity index (χ1) is 16.2. The number of aliphatic hydroxyl groups excluding tert-OH is 1. The number of aliphatic hydroxyl groups is 1. The van der Waals surface area contributed by atoms with Crippen LogP contribution in [0, 0.1) is 12.7 Å². The molecule has 0 saturated carbocycles. The van der Waals surface area contributed by atoms with Gasteiger partial charge in [-0.2, -0.15) is 0 Å². The molecule has 2 aromatic rings. The van der Waals surface area contributed by atoms with Crippen molar-refractivity contribution >= 4 is 29.0 Å². The maximum Gasteiger partial charge on any atom is 0.296 e. The number of aryl methyl sites for hydroxylation is 1. The van der Waals surface area contributed by atoms with Gasteiger partial charge in [0.2, 0.25) is 0 Å². The van der Waals surface area contributed by atoms with Crippen LogP contribution in [0.4, 0.5) is 10.1 Å². The topological polar surface area (TPSA) is 81.2 Å². The van der Waals surface area contributed by atoms with Gasteiger partial charge in [0.05, 0.1) is 11.3 Å². The lowest BCUT2D eigenvalue weighted by atomic mass is 9.82. The number of carbonyl (C=O) groups is 3. The number of halogens is 1. The van der Waals surface area contributed by atoms with Gasteiger partial charge in [0.1, 0.15) is 11.6 Å². The first-order valence-corrected chi connectivity index (χ1v) is 10.9. The van der Waals surface area contributed by atoms with Crippen molar-refractivity contribution in [3.05, 3.63) is 83.2 Å². The van der Waals surface area contributed by atoms with Crippen molar-refractivity contribution in [2.75, 3.05) is 38.6 Å². The van der Waals surface area contributed by atoms with Crippen LogP contribution in [0.25, 0.3) is 5.76 Å². The first kappa shape index (κ1) is 23.4. The number of Topliss-reactive ketones (excluding diaryl/α,β-unsaturated/α-hetero) is 1. The van der Waals surface area contributed by atoms with E-state index in [1.807, 2.05) is 19.0 Å². The molecule has 0 aromatic heterocycles. The molecule has 1 N–H and O–H groups in total. The molecular formula is C26H26FN3O4. The Morgan fingerprint density at radius 2 is 1.88 bits per heavy atom. The van der Waals surface area contributed by atoms with Crippen LogP contribution in [0.5, 0.6) is 0 Å². The third kappa shape index (κ3) is 3.25. The number of anilines is 1. The van der Waals surface area contributed by atoms with Crippen LogP contribution in [0.3, 0.4) is 0 Å². The normalized spacial score (nSPS) is 21.1. The molecule has 2 aliphatic rings. The number of hydrogen-bond acceptors (Lipinski definition) is 5. The smallest absolute Gasteiger partial charge is 0.296 e. The molecule has 2 heterocycles. The van der Waals surface area contributed by atoms with Gasteiger partial charge < -0.3 is 19.8 Å². The molecule has 0 radical (unpaired) electrons. The monoisotopic (exact) mass is 463 g/mol. The highest BCUT2D eigenvalue weighted by molar-refractivity contribution is 6.50. The van der Waals surface area contributed by atoms with Gasteiger partial charge in [0.15, 0.2) is 5.54 Å². The average molecular weight is 464 g/mol. The molecule has 0 aliphatic carbocycles. The predicted octanol–water partition coefficient (Wildman–Crippen LogP) is 2.80. The number of rotatable bonds is 6. The third-order valence-electron chi connectivity index (χ3n) is 6.34. The van der Waals surface area contributed by atoms with Crippen LogP contribution in [-0.2, 0) is 19.9 Å². The Morgan fingerprint density at radius 3 is 2.53 bits per heavy atom. The molecule has 176 valence electrons. The van der Waals surface area contributed by atoms with Gasteiger partial charge in [0.25, 0.3) is 17.6 Å². The minimum atomic E-state index is -1.87. The fraction of sp³-hybridized carbons (Fsp3) is 0.269. The van der Waals surface area contributed by atoms with Gasteiger partial charge >= 0.3 is 0 Å². The van der Waals surface area contributed by atoms with Crippen LogP contribution >= 0.6 is 0 Å². The fourth-order valence-corrected chi connectivity index (χ4v) is 4.66. The molecule has 0 bridgehead atoms. The van der Waals surface area contributed by atoms with Gasteiger partial charge in [-0.15, -0.1) is 6.58 Å². The van der Waals surface area contributed by atoms with Crippen LogP contribution in [0.2, 0.25) is 0 Å². The van der Waals surface area contributed by atoms with Crippen molar-refractivity contribution in [3.63, 3.8) is 0 Å². The quantitative estimate of drug-likeness (QED) is 0.308. The number of fused-ring (bicyclic) bond motifs is 2. The number of para-hydroxylation sites is 1. The summed E-state index contributed by atoms with van der Waals surface area (Å²) in [6.45, 7) is 5.89. The molecule has 34 heavy (non-hydrogen) atoms. The maximum atomic E-state index is 14.3. The molecule has 8 heteroatoms. The molecule has 1 spiro atoms. The minimum Gasteiger partial charge on any atom is -0.507 e. The zero-order valence-electron chi connectivity index (χ0n) is 19.3. The number of carbonyl (C=O) groups excluding carboxylic acids is 3. The minimum absolute atomic E-state index is 0.0144. The zero-order valence-corrected chi connectivity index (χ0v) is 19.3. The van der Waals surface area contributed by atoms with E-state index in [0.29, 0.717) is 23.4 Å². The molecule has 4 rings (SSSR count). The standard InChI is InChI=1S/C26H26FN3O4/c1-5-12-29-20-9-7-6-8-18(20)26(25(29)34)21(22(31)17-11-10-16(2)19(27)15-17)23(32)24(33)30(26)14-13-28(3)4/h5-11,15,31H,1,12-14H2,2-4H3/b22-21+. The summed E-state index contributed by atoms with van der Waals surface area (Å²) in [5.74, 6) is -3.58. The Bertz CT molecular complexity index is 1250. The number of benzene rings is 2. The first-order valence-electron chi connectivity index (χ1n) is 10.9. The van der Waals surface area contributed by atoms with E-state index in [-0.39, 0.29) is 24.2 Å². The Labute approximate surface area is 197 Å². The summed E-state index contributed by atoms with van der Waals surface area (Å²) in [7, 11) is 3.62. The van der Waals surface area contributed by atoms with Crippen LogP contribution in [0.1, 0.15) is 16.7 Å². The number of hydrogen-bond donors (Lipinski definition) is 1. The second kappa shape index (κ2) is 8.53. The SMILES string of the molecule is C=CCN1C(=O)C2(/C(=C(/O)c3ccc(C)c(F)c3)C(=O)C(=O)N2CCN(C)C)c2ccccc21. The largest absolute Gasteiger partial charge is 0.507 e. The molecule has 1 fully saturated rings. The van der Waals surface area contributed by atoms with Gasteiger partial charge in [0, 0.05) is 30.8 Å². The Hall–Kier alpha value is -3.78. The van der Waals surface area contributed by atoms with E-state index in [0.717, 1.165) is 6.07 Å². The number of nitrogens with zero attached hydrogens (tertiary/aromatic N) is 3. The van der Waals surface area contributed by atoms with Crippen molar-refractivity contribution < 1.29 is 23.9 Å². The maximum absolute atomic E-state index is 14.3. The third-order valence-corrected chi connectivity index (χ3v) is 6.34. The molecule has 2 amide bonds. The van der Waals surface area contributed by atoms with Gasteiger partial charge in [-0.1, -0.05) is 36.4 Å². The number of likely N-dealkylation sites (N-methyl/N-ethyl adjacent to an activating group) is 1. The van der Waals surface area contributed by atoms with Gasteiger partial charge in [-0.3, -0.25) is 14.4 Å². The lowest BCUT2D eigenvalue weighted by Crippen LogP contribution is -2.53. The molecule has 1 atom stereocenters. The van der Waals surface area contributed by atoms with E-state index in [4.69, 9.17) is 0 Å². The Balaban J connectivity index is 2.06. The van der Waals surface area contributed by atoms with Gasteiger partial charge in [-0.25, -0.2) is 4.39 Å².